The van der Waals surface area contributed by atoms with Gasteiger partial charge < -0.3 is 14.8 Å². The number of ether oxygens (including phenoxy) is 2. The molecule has 0 heterocycles. The molecule has 0 aliphatic carbocycles. The van der Waals surface area contributed by atoms with Crippen LogP contribution in [0.5, 0.6) is 5.75 Å². The van der Waals surface area contributed by atoms with E-state index in [1.807, 2.05) is 0 Å². The first-order chi connectivity index (χ1) is 8.85. The molecule has 0 bridgehead atoms. The predicted octanol–water partition coefficient (Wildman–Crippen LogP) is 1.39. The molecule has 0 saturated carbocycles. The fourth-order valence-electron chi connectivity index (χ4n) is 1.49. The number of likely N-dealkylation sites (N-methyl/N-ethyl adjacent to an activating group) is 1. The molecule has 0 aliphatic rings. The van der Waals surface area contributed by atoms with Crippen molar-refractivity contribution in [2.75, 3.05) is 20.7 Å². The number of hydrogen-bond acceptors (Lipinski definition) is 4. The normalized spacial score (nSPS) is 14.5. The average Bonchev–Trinajstić information content (AvgIpc) is 2.35. The molecule has 1 N–H and O–H groups in total. The molecular formula is C13H19NO3. The lowest BCUT2D eigenvalue weighted by Crippen LogP contribution is -2.36. The van der Waals surface area contributed by atoms with Crippen molar-refractivity contribution in [2.45, 2.75) is 19.4 Å². The lowest BCUT2D eigenvalue weighted by Gasteiger charge is -2.13. The highest BCUT2D eigenvalue weighted by molar-refractivity contribution is 5.76. The number of carbonyl (C=O) groups excluding carboxylic acids is 1. The molecule has 0 fully saturated rings. The van der Waals surface area contributed by atoms with Crippen LogP contribution in [-0.4, -0.2) is 32.7 Å². The van der Waals surface area contributed by atoms with E-state index in [0.29, 0.717) is 12.2 Å². The summed E-state index contributed by atoms with van der Waals surface area (Å²) in [5.41, 5.74) is 0.939. The van der Waals surface area contributed by atoms with Gasteiger partial charge in [0.15, 0.2) is 0 Å². The van der Waals surface area contributed by atoms with Crippen LogP contribution in [0, 0.1) is 0 Å². The Morgan fingerprint density at radius 2 is 2.12 bits per heavy atom. The number of rotatable bonds is 6. The van der Waals surface area contributed by atoms with E-state index in [4.69, 9.17) is 7.48 Å². The first-order valence-corrected chi connectivity index (χ1v) is 5.39. The molecule has 4 nitrogen and oxygen atoms in total. The van der Waals surface area contributed by atoms with Gasteiger partial charge in [-0.2, -0.15) is 0 Å². The van der Waals surface area contributed by atoms with E-state index in [-0.39, 0.29) is 5.97 Å². The molecule has 1 atom stereocenters. The zero-order chi connectivity index (χ0) is 14.5. The van der Waals surface area contributed by atoms with Gasteiger partial charge in [-0.25, -0.2) is 0 Å². The summed E-state index contributed by atoms with van der Waals surface area (Å²) in [6.07, 6.45) is 0.502. The number of methoxy groups -OCH3 is 1. The Hall–Kier alpha value is -1.55. The third kappa shape index (κ3) is 4.07. The van der Waals surface area contributed by atoms with E-state index in [1.165, 1.54) is 14.0 Å². The molecule has 4 heteroatoms. The van der Waals surface area contributed by atoms with E-state index in [1.54, 1.807) is 31.3 Å². The van der Waals surface area contributed by atoms with Crippen molar-refractivity contribution in [2.24, 2.45) is 0 Å². The summed E-state index contributed by atoms with van der Waals surface area (Å²) in [4.78, 5) is 11.4. The second-order valence-corrected chi connectivity index (χ2v) is 3.52. The monoisotopic (exact) mass is 239 g/mol. The Bertz CT molecular complexity index is 415. The second kappa shape index (κ2) is 6.91. The zero-order valence-electron chi connectivity index (χ0n) is 12.3. The molecular weight excluding hydrogens is 218 g/mol. The fourth-order valence-corrected chi connectivity index (χ4v) is 1.49. The molecule has 0 aliphatic heterocycles. The maximum Gasteiger partial charge on any atom is 0.323 e. The summed E-state index contributed by atoms with van der Waals surface area (Å²) in [7, 11) is 3.05. The standard InChI is InChI=1S/C13H19NO3/c1-4-17-11-7-5-10(6-8-11)9-12(14-2)13(15)16-3/h5-8,12,14H,4,9H2,1-3H3/i4D2. The third-order valence-corrected chi connectivity index (χ3v) is 2.42. The smallest absolute Gasteiger partial charge is 0.323 e. The Labute approximate surface area is 105 Å². The number of esters is 1. The first kappa shape index (κ1) is 10.6. The van der Waals surface area contributed by atoms with Crippen LogP contribution in [0.2, 0.25) is 0 Å². The van der Waals surface area contributed by atoms with E-state index in [0.717, 1.165) is 5.56 Å². The number of hydrogen-bond donors (Lipinski definition) is 1. The van der Waals surface area contributed by atoms with Crippen LogP contribution >= 0.6 is 0 Å². The topological polar surface area (TPSA) is 47.6 Å². The van der Waals surface area contributed by atoms with Gasteiger partial charge in [0.25, 0.3) is 0 Å². The van der Waals surface area contributed by atoms with Crippen molar-refractivity contribution >= 4 is 5.97 Å². The van der Waals surface area contributed by atoms with Gasteiger partial charge in [-0.3, -0.25) is 4.79 Å². The van der Waals surface area contributed by atoms with Gasteiger partial charge in [-0.15, -0.1) is 0 Å². The van der Waals surface area contributed by atoms with Crippen LogP contribution in [0.15, 0.2) is 24.3 Å². The molecule has 1 rings (SSSR count). The minimum Gasteiger partial charge on any atom is -0.494 e. The lowest BCUT2D eigenvalue weighted by atomic mass is 10.1. The van der Waals surface area contributed by atoms with E-state index >= 15 is 0 Å². The van der Waals surface area contributed by atoms with Crippen LogP contribution in [0.25, 0.3) is 0 Å². The largest absolute Gasteiger partial charge is 0.494 e. The van der Waals surface area contributed by atoms with Gasteiger partial charge in [-0.05, 0) is 38.1 Å². The van der Waals surface area contributed by atoms with Gasteiger partial charge in [-0.1, -0.05) is 12.1 Å². The maximum absolute atomic E-state index is 11.4. The molecule has 0 saturated heterocycles. The van der Waals surface area contributed by atoms with Crippen molar-refractivity contribution in [3.8, 4) is 5.75 Å². The minimum atomic E-state index is -1.71. The summed E-state index contributed by atoms with van der Waals surface area (Å²) in [5, 5.41) is 2.89. The number of benzene rings is 1. The average molecular weight is 239 g/mol. The summed E-state index contributed by atoms with van der Waals surface area (Å²) in [6, 6.07) is 6.57. The van der Waals surface area contributed by atoms with Gasteiger partial charge in [0, 0.05) is 0 Å². The van der Waals surface area contributed by atoms with Crippen LogP contribution < -0.4 is 10.1 Å². The third-order valence-electron chi connectivity index (χ3n) is 2.42. The molecule has 0 amide bonds. The van der Waals surface area contributed by atoms with Crippen LogP contribution in [0.1, 0.15) is 15.2 Å². The SMILES string of the molecule is [2H]C([2H])(C)Oc1ccc(CC(NC)C(=O)OC)cc1. The first-order valence-electron chi connectivity index (χ1n) is 6.39. The predicted molar refractivity (Wildman–Crippen MR) is 66.2 cm³/mol. The summed E-state index contributed by atoms with van der Waals surface area (Å²) in [6.45, 7) is -0.365. The van der Waals surface area contributed by atoms with Crippen LogP contribution in [0.3, 0.4) is 0 Å². The highest BCUT2D eigenvalue weighted by Crippen LogP contribution is 2.13. The molecule has 0 radical (unpaired) electrons. The molecule has 94 valence electrons. The van der Waals surface area contributed by atoms with E-state index < -0.39 is 12.6 Å². The van der Waals surface area contributed by atoms with Gasteiger partial charge in [0.05, 0.1) is 16.4 Å². The van der Waals surface area contributed by atoms with Crippen molar-refractivity contribution < 1.29 is 17.0 Å². The summed E-state index contributed by atoms with van der Waals surface area (Å²) in [5.74, 6) is 0.142. The molecule has 0 spiro atoms. The Kier molecular flexibility index (Phi) is 4.31. The Morgan fingerprint density at radius 3 is 2.59 bits per heavy atom. The highest BCUT2D eigenvalue weighted by atomic mass is 16.5. The Balaban J connectivity index is 2.68. The minimum absolute atomic E-state index is 0.312. The molecule has 0 aromatic heterocycles. The second-order valence-electron chi connectivity index (χ2n) is 3.52. The fraction of sp³-hybridized carbons (Fsp3) is 0.462. The molecule has 1 unspecified atom stereocenters. The molecule has 1 aromatic rings. The van der Waals surface area contributed by atoms with Crippen molar-refractivity contribution in [1.29, 1.82) is 0 Å². The molecule has 1 aromatic carbocycles. The van der Waals surface area contributed by atoms with Gasteiger partial charge >= 0.3 is 5.97 Å². The van der Waals surface area contributed by atoms with E-state index in [9.17, 15) is 4.79 Å². The highest BCUT2D eigenvalue weighted by Gasteiger charge is 2.16. The lowest BCUT2D eigenvalue weighted by molar-refractivity contribution is -0.142. The zero-order valence-corrected chi connectivity index (χ0v) is 10.3. The Morgan fingerprint density at radius 1 is 1.47 bits per heavy atom. The van der Waals surface area contributed by atoms with Crippen molar-refractivity contribution in [3.63, 3.8) is 0 Å². The molecule has 17 heavy (non-hydrogen) atoms. The quantitative estimate of drug-likeness (QED) is 0.762. The number of carbonyl (C=O) groups is 1. The van der Waals surface area contributed by atoms with Crippen LogP contribution in [-0.2, 0) is 16.0 Å². The summed E-state index contributed by atoms with van der Waals surface area (Å²) >= 11 is 0. The number of nitrogens with one attached hydrogen (secondary N) is 1. The van der Waals surface area contributed by atoms with Gasteiger partial charge in [0.1, 0.15) is 11.8 Å². The van der Waals surface area contributed by atoms with Crippen LogP contribution in [0.4, 0.5) is 0 Å². The van der Waals surface area contributed by atoms with Crippen molar-refractivity contribution in [1.82, 2.24) is 5.32 Å². The summed E-state index contributed by atoms with van der Waals surface area (Å²) < 4.78 is 24.4. The van der Waals surface area contributed by atoms with E-state index in [2.05, 4.69) is 10.1 Å². The van der Waals surface area contributed by atoms with Gasteiger partial charge in [0.2, 0.25) is 0 Å². The maximum atomic E-state index is 11.4. The van der Waals surface area contributed by atoms with Crippen molar-refractivity contribution in [3.05, 3.63) is 29.8 Å².